The predicted molar refractivity (Wildman–Crippen MR) is 124 cm³/mol. The Hall–Kier alpha value is -2.64. The molecule has 0 aliphatic carbocycles. The van der Waals surface area contributed by atoms with E-state index in [4.69, 9.17) is 9.47 Å². The van der Waals surface area contributed by atoms with Crippen LogP contribution in [0.15, 0.2) is 46.9 Å². The van der Waals surface area contributed by atoms with Crippen molar-refractivity contribution >= 4 is 44.1 Å². The molecule has 2 aromatic carbocycles. The molecule has 0 unspecified atom stereocenters. The van der Waals surface area contributed by atoms with Crippen LogP contribution in [-0.4, -0.2) is 25.6 Å². The molecule has 3 rings (SSSR count). The number of ether oxygens (including phenoxy) is 2. The number of rotatable bonds is 6. The van der Waals surface area contributed by atoms with Crippen LogP contribution in [0.5, 0.6) is 5.75 Å². The molecule has 0 aliphatic rings. The molecule has 1 aromatic heterocycles. The van der Waals surface area contributed by atoms with Gasteiger partial charge in [0.2, 0.25) is 0 Å². The maximum Gasteiger partial charge on any atom is 0.341 e. The summed E-state index contributed by atoms with van der Waals surface area (Å²) in [6, 6.07) is 13.3. The van der Waals surface area contributed by atoms with E-state index in [-0.39, 0.29) is 12.5 Å². The highest BCUT2D eigenvalue weighted by atomic mass is 79.9. The number of carbonyl (C=O) groups excluding carboxylic acids is 2. The maximum atomic E-state index is 12.5. The van der Waals surface area contributed by atoms with Gasteiger partial charge in [0.1, 0.15) is 16.3 Å². The van der Waals surface area contributed by atoms with Crippen molar-refractivity contribution in [2.75, 3.05) is 19.0 Å². The second kappa shape index (κ2) is 9.45. The molecular weight excluding hydrogens is 466 g/mol. The number of thiophene rings is 1. The number of hydrogen-bond donors (Lipinski definition) is 1. The zero-order valence-corrected chi connectivity index (χ0v) is 19.6. The largest absolute Gasteiger partial charge is 0.484 e. The summed E-state index contributed by atoms with van der Waals surface area (Å²) in [4.78, 5) is 26.0. The molecule has 0 saturated heterocycles. The second-order valence-electron chi connectivity index (χ2n) is 6.82. The molecule has 156 valence electrons. The van der Waals surface area contributed by atoms with Crippen molar-refractivity contribution in [2.24, 2.45) is 0 Å². The van der Waals surface area contributed by atoms with Gasteiger partial charge in [-0.05, 0) is 61.7 Å². The van der Waals surface area contributed by atoms with E-state index in [0.29, 0.717) is 16.3 Å². The minimum Gasteiger partial charge on any atom is -0.484 e. The van der Waals surface area contributed by atoms with E-state index >= 15 is 0 Å². The summed E-state index contributed by atoms with van der Waals surface area (Å²) in [5.74, 6) is -0.219. The van der Waals surface area contributed by atoms with Gasteiger partial charge < -0.3 is 14.8 Å². The lowest BCUT2D eigenvalue weighted by atomic mass is 10.0. The van der Waals surface area contributed by atoms with E-state index in [0.717, 1.165) is 31.6 Å². The molecule has 0 aliphatic heterocycles. The van der Waals surface area contributed by atoms with E-state index in [9.17, 15) is 9.59 Å². The van der Waals surface area contributed by atoms with E-state index in [2.05, 4.69) is 21.2 Å². The number of carbonyl (C=O) groups is 2. The quantitative estimate of drug-likeness (QED) is 0.439. The van der Waals surface area contributed by atoms with Gasteiger partial charge in [0.05, 0.1) is 7.11 Å². The molecule has 0 bridgehead atoms. The van der Waals surface area contributed by atoms with Crippen LogP contribution in [0.3, 0.4) is 0 Å². The van der Waals surface area contributed by atoms with Crippen molar-refractivity contribution in [1.29, 1.82) is 0 Å². The molecule has 1 heterocycles. The van der Waals surface area contributed by atoms with Crippen molar-refractivity contribution in [3.05, 3.63) is 68.5 Å². The Morgan fingerprint density at radius 3 is 2.37 bits per heavy atom. The number of halogens is 1. The summed E-state index contributed by atoms with van der Waals surface area (Å²) in [6.07, 6.45) is 0. The third kappa shape index (κ3) is 4.91. The van der Waals surface area contributed by atoms with Crippen LogP contribution < -0.4 is 10.1 Å². The highest BCUT2D eigenvalue weighted by Crippen LogP contribution is 2.40. The van der Waals surface area contributed by atoms with Crippen LogP contribution in [0.25, 0.3) is 11.1 Å². The molecule has 0 spiro atoms. The number of hydrogen-bond acceptors (Lipinski definition) is 5. The topological polar surface area (TPSA) is 64.6 Å². The third-order valence-corrected chi connectivity index (χ3v) is 6.26. The van der Waals surface area contributed by atoms with E-state index in [1.807, 2.05) is 63.2 Å². The maximum absolute atomic E-state index is 12.5. The standard InChI is InChI=1S/C23H22BrNO4S/c1-13-5-10-18(11-14(13)2)29-12-19(26)25-22-21(23(27)28-4)20(15(3)30-22)16-6-8-17(24)9-7-16/h5-11H,12H2,1-4H3,(H,25,26). The summed E-state index contributed by atoms with van der Waals surface area (Å²) < 4.78 is 11.5. The number of methoxy groups -OCH3 is 1. The lowest BCUT2D eigenvalue weighted by Crippen LogP contribution is -2.21. The molecular formula is C23H22BrNO4S. The molecule has 7 heteroatoms. The Bertz CT molecular complexity index is 1090. The fraction of sp³-hybridized carbons (Fsp3) is 0.217. The zero-order valence-electron chi connectivity index (χ0n) is 17.2. The van der Waals surface area contributed by atoms with Crippen molar-refractivity contribution in [1.82, 2.24) is 0 Å². The van der Waals surface area contributed by atoms with Gasteiger partial charge >= 0.3 is 5.97 Å². The Kier molecular flexibility index (Phi) is 6.95. The number of amides is 1. The number of benzene rings is 2. The average Bonchev–Trinajstić information content (AvgIpc) is 3.04. The molecule has 3 aromatic rings. The normalized spacial score (nSPS) is 10.6. The van der Waals surface area contributed by atoms with Gasteiger partial charge in [0.15, 0.2) is 6.61 Å². The Balaban J connectivity index is 1.83. The van der Waals surface area contributed by atoms with Crippen LogP contribution in [0.2, 0.25) is 0 Å². The number of esters is 1. The smallest absolute Gasteiger partial charge is 0.341 e. The van der Waals surface area contributed by atoms with Gasteiger partial charge in [0, 0.05) is 14.9 Å². The van der Waals surface area contributed by atoms with Crippen LogP contribution in [0.4, 0.5) is 5.00 Å². The number of nitrogens with one attached hydrogen (secondary N) is 1. The van der Waals surface area contributed by atoms with Crippen LogP contribution in [-0.2, 0) is 9.53 Å². The van der Waals surface area contributed by atoms with Gasteiger partial charge in [-0.15, -0.1) is 11.3 Å². The molecule has 5 nitrogen and oxygen atoms in total. The lowest BCUT2D eigenvalue weighted by Gasteiger charge is -2.10. The van der Waals surface area contributed by atoms with Crippen molar-refractivity contribution in [2.45, 2.75) is 20.8 Å². The van der Waals surface area contributed by atoms with Crippen LogP contribution in [0, 0.1) is 20.8 Å². The molecule has 30 heavy (non-hydrogen) atoms. The highest BCUT2D eigenvalue weighted by Gasteiger charge is 2.25. The van der Waals surface area contributed by atoms with Gasteiger partial charge in [-0.2, -0.15) is 0 Å². The predicted octanol–water partition coefficient (Wildman–Crippen LogP) is 5.91. The second-order valence-corrected chi connectivity index (χ2v) is 8.96. The van der Waals surface area contributed by atoms with Crippen molar-refractivity contribution < 1.29 is 19.1 Å². The number of anilines is 1. The van der Waals surface area contributed by atoms with E-state index in [1.54, 1.807) is 0 Å². The first-order chi connectivity index (χ1) is 14.3. The first-order valence-electron chi connectivity index (χ1n) is 9.27. The monoisotopic (exact) mass is 487 g/mol. The Morgan fingerprint density at radius 1 is 1.03 bits per heavy atom. The summed E-state index contributed by atoms with van der Waals surface area (Å²) in [6.45, 7) is 5.76. The van der Waals surface area contributed by atoms with Crippen LogP contribution >= 0.6 is 27.3 Å². The molecule has 0 fully saturated rings. The Morgan fingerprint density at radius 2 is 1.73 bits per heavy atom. The SMILES string of the molecule is COC(=O)c1c(NC(=O)COc2ccc(C)c(C)c2)sc(C)c1-c1ccc(Br)cc1. The summed E-state index contributed by atoms with van der Waals surface area (Å²) in [7, 11) is 1.33. The fourth-order valence-electron chi connectivity index (χ4n) is 3.01. The summed E-state index contributed by atoms with van der Waals surface area (Å²) in [5.41, 5.74) is 4.23. The van der Waals surface area contributed by atoms with Gasteiger partial charge in [0.25, 0.3) is 5.91 Å². The van der Waals surface area contributed by atoms with E-state index < -0.39 is 5.97 Å². The third-order valence-electron chi connectivity index (χ3n) is 4.71. The first kappa shape index (κ1) is 22.1. The minimum atomic E-state index is -0.498. The van der Waals surface area contributed by atoms with Crippen molar-refractivity contribution in [3.8, 4) is 16.9 Å². The molecule has 0 atom stereocenters. The van der Waals surface area contributed by atoms with Crippen LogP contribution in [0.1, 0.15) is 26.4 Å². The average molecular weight is 488 g/mol. The summed E-state index contributed by atoms with van der Waals surface area (Å²) >= 11 is 4.76. The van der Waals surface area contributed by atoms with Gasteiger partial charge in [-0.3, -0.25) is 4.79 Å². The number of aryl methyl sites for hydroxylation is 3. The fourth-order valence-corrected chi connectivity index (χ4v) is 4.35. The van der Waals surface area contributed by atoms with E-state index in [1.165, 1.54) is 18.4 Å². The molecule has 1 N–H and O–H groups in total. The first-order valence-corrected chi connectivity index (χ1v) is 10.9. The molecule has 1 amide bonds. The highest BCUT2D eigenvalue weighted by molar-refractivity contribution is 9.10. The Labute approximate surface area is 188 Å². The van der Waals surface area contributed by atoms with Gasteiger partial charge in [-0.1, -0.05) is 34.1 Å². The summed E-state index contributed by atoms with van der Waals surface area (Å²) in [5, 5.41) is 3.26. The zero-order chi connectivity index (χ0) is 21.8. The van der Waals surface area contributed by atoms with Crippen molar-refractivity contribution in [3.63, 3.8) is 0 Å². The minimum absolute atomic E-state index is 0.159. The van der Waals surface area contributed by atoms with Gasteiger partial charge in [-0.25, -0.2) is 4.79 Å². The lowest BCUT2D eigenvalue weighted by molar-refractivity contribution is -0.118. The molecule has 0 radical (unpaired) electrons. The molecule has 0 saturated carbocycles.